The van der Waals surface area contributed by atoms with Crippen LogP contribution in [-0.2, 0) is 0 Å². The van der Waals surface area contributed by atoms with E-state index in [0.717, 1.165) is 12.8 Å². The number of benzene rings is 1. The summed E-state index contributed by atoms with van der Waals surface area (Å²) in [6, 6.07) is 6.99. The molecule has 0 atom stereocenters. The van der Waals surface area contributed by atoms with Crippen molar-refractivity contribution >= 4 is 16.7 Å². The molecule has 20 heavy (non-hydrogen) atoms. The van der Waals surface area contributed by atoms with Gasteiger partial charge in [-0.1, -0.05) is 44.4 Å². The van der Waals surface area contributed by atoms with Crippen molar-refractivity contribution in [1.29, 1.82) is 0 Å². The highest BCUT2D eigenvalue weighted by Gasteiger charge is 2.12. The lowest BCUT2D eigenvalue weighted by molar-refractivity contribution is 0.0949. The molecule has 1 heterocycles. The summed E-state index contributed by atoms with van der Waals surface area (Å²) >= 11 is 0. The Balaban J connectivity index is 2.11. The van der Waals surface area contributed by atoms with Crippen molar-refractivity contribution in [3.8, 4) is 0 Å². The molecule has 0 spiro atoms. The third-order valence-corrected chi connectivity index (χ3v) is 3.23. The van der Waals surface area contributed by atoms with Crippen LogP contribution in [0.3, 0.4) is 0 Å². The number of unbranched alkanes of at least 4 members (excludes halogenated alkanes) is 3. The average Bonchev–Trinajstić information content (AvgIpc) is 2.47. The predicted molar refractivity (Wildman–Crippen MR) is 78.8 cm³/mol. The topological polar surface area (TPSA) is 74.8 Å². The number of carbonyl (C=O) groups excluding carboxylic acids is 1. The van der Waals surface area contributed by atoms with Gasteiger partial charge >= 0.3 is 0 Å². The van der Waals surface area contributed by atoms with Crippen LogP contribution in [0.1, 0.15) is 43.1 Å². The zero-order valence-electron chi connectivity index (χ0n) is 11.6. The van der Waals surface area contributed by atoms with Crippen molar-refractivity contribution in [1.82, 2.24) is 15.5 Å². The Labute approximate surface area is 117 Å². The highest BCUT2D eigenvalue weighted by atomic mass is 16.2. The fourth-order valence-electron chi connectivity index (χ4n) is 2.13. The summed E-state index contributed by atoms with van der Waals surface area (Å²) in [5.41, 5.74) is -0.00390. The number of rotatable bonds is 6. The lowest BCUT2D eigenvalue weighted by Gasteiger charge is -2.06. The molecule has 0 unspecified atom stereocenters. The minimum Gasteiger partial charge on any atom is -0.351 e. The van der Waals surface area contributed by atoms with E-state index < -0.39 is 0 Å². The second-order valence-corrected chi connectivity index (χ2v) is 4.76. The number of carbonyl (C=O) groups is 1. The molecule has 1 amide bonds. The molecule has 0 fully saturated rings. The van der Waals surface area contributed by atoms with Crippen LogP contribution in [0.25, 0.3) is 10.8 Å². The standard InChI is InChI=1S/C15H19N3O2/c1-2-3-4-7-10-16-15(20)13-11-8-5-6-9-12(11)14(19)18-17-13/h5-6,8-9H,2-4,7,10H2,1H3,(H,16,20)(H,18,19). The summed E-state index contributed by atoms with van der Waals surface area (Å²) in [5.74, 6) is -0.242. The molecule has 1 aromatic carbocycles. The zero-order chi connectivity index (χ0) is 14.4. The minimum atomic E-state index is -0.278. The molecular weight excluding hydrogens is 254 g/mol. The van der Waals surface area contributed by atoms with Gasteiger partial charge in [0.25, 0.3) is 11.5 Å². The van der Waals surface area contributed by atoms with E-state index in [0.29, 0.717) is 17.3 Å². The first-order chi connectivity index (χ1) is 9.74. The molecule has 0 saturated carbocycles. The molecule has 0 bridgehead atoms. The Bertz CT molecular complexity index is 649. The maximum absolute atomic E-state index is 12.1. The molecule has 5 heteroatoms. The van der Waals surface area contributed by atoms with Crippen molar-refractivity contribution < 1.29 is 4.79 Å². The van der Waals surface area contributed by atoms with Gasteiger partial charge in [-0.05, 0) is 12.5 Å². The molecule has 5 nitrogen and oxygen atoms in total. The van der Waals surface area contributed by atoms with Crippen LogP contribution in [0.15, 0.2) is 29.1 Å². The largest absolute Gasteiger partial charge is 0.351 e. The van der Waals surface area contributed by atoms with Gasteiger partial charge in [-0.15, -0.1) is 0 Å². The van der Waals surface area contributed by atoms with Gasteiger partial charge < -0.3 is 5.32 Å². The van der Waals surface area contributed by atoms with Gasteiger partial charge in [0.15, 0.2) is 5.69 Å². The summed E-state index contributed by atoms with van der Waals surface area (Å²) in [7, 11) is 0. The molecule has 1 aromatic heterocycles. The summed E-state index contributed by atoms with van der Waals surface area (Å²) in [4.78, 5) is 23.7. The number of H-pyrrole nitrogens is 1. The number of nitrogens with zero attached hydrogens (tertiary/aromatic N) is 1. The van der Waals surface area contributed by atoms with Crippen LogP contribution in [0.2, 0.25) is 0 Å². The number of hydrogen-bond donors (Lipinski definition) is 2. The molecule has 0 aliphatic heterocycles. The van der Waals surface area contributed by atoms with Crippen LogP contribution < -0.4 is 10.9 Å². The highest BCUT2D eigenvalue weighted by molar-refractivity contribution is 6.04. The monoisotopic (exact) mass is 273 g/mol. The van der Waals surface area contributed by atoms with Crippen LogP contribution in [0, 0.1) is 0 Å². The van der Waals surface area contributed by atoms with E-state index in [1.165, 1.54) is 12.8 Å². The normalized spacial score (nSPS) is 10.7. The van der Waals surface area contributed by atoms with Crippen LogP contribution >= 0.6 is 0 Å². The van der Waals surface area contributed by atoms with Gasteiger partial charge in [0.1, 0.15) is 0 Å². The fourth-order valence-corrected chi connectivity index (χ4v) is 2.13. The third-order valence-electron chi connectivity index (χ3n) is 3.23. The zero-order valence-corrected chi connectivity index (χ0v) is 11.6. The van der Waals surface area contributed by atoms with Gasteiger partial charge in [0.05, 0.1) is 5.39 Å². The Kier molecular flexibility index (Phi) is 4.87. The third kappa shape index (κ3) is 3.23. The van der Waals surface area contributed by atoms with Crippen LogP contribution in [0.4, 0.5) is 0 Å². The average molecular weight is 273 g/mol. The molecule has 0 saturated heterocycles. The van der Waals surface area contributed by atoms with Crippen molar-refractivity contribution in [3.05, 3.63) is 40.3 Å². The summed E-state index contributed by atoms with van der Waals surface area (Å²) < 4.78 is 0. The first-order valence-corrected chi connectivity index (χ1v) is 6.99. The summed E-state index contributed by atoms with van der Waals surface area (Å²) in [5, 5.41) is 10.2. The van der Waals surface area contributed by atoms with E-state index in [1.54, 1.807) is 24.3 Å². The second-order valence-electron chi connectivity index (χ2n) is 4.76. The lowest BCUT2D eigenvalue weighted by Crippen LogP contribution is -2.27. The van der Waals surface area contributed by atoms with Gasteiger partial charge in [0, 0.05) is 11.9 Å². The minimum absolute atomic E-state index is 0.242. The molecule has 0 aliphatic carbocycles. The van der Waals surface area contributed by atoms with E-state index in [4.69, 9.17) is 0 Å². The maximum atomic E-state index is 12.1. The van der Waals surface area contributed by atoms with Crippen molar-refractivity contribution in [2.45, 2.75) is 32.6 Å². The SMILES string of the molecule is CCCCCCNC(=O)c1n[nH]c(=O)c2ccccc12. The molecule has 106 valence electrons. The number of amides is 1. The van der Waals surface area contributed by atoms with Crippen molar-refractivity contribution in [2.75, 3.05) is 6.54 Å². The van der Waals surface area contributed by atoms with E-state index in [-0.39, 0.29) is 17.2 Å². The smallest absolute Gasteiger partial charge is 0.272 e. The Hall–Kier alpha value is -2.17. The Morgan fingerprint density at radius 3 is 2.70 bits per heavy atom. The molecule has 2 rings (SSSR count). The number of aromatic amines is 1. The second kappa shape index (κ2) is 6.84. The quantitative estimate of drug-likeness (QED) is 0.792. The van der Waals surface area contributed by atoms with Crippen molar-refractivity contribution in [3.63, 3.8) is 0 Å². The highest BCUT2D eigenvalue weighted by Crippen LogP contribution is 2.12. The number of hydrogen-bond acceptors (Lipinski definition) is 3. The van der Waals surface area contributed by atoms with Gasteiger partial charge in [-0.25, -0.2) is 5.10 Å². The van der Waals surface area contributed by atoms with E-state index in [1.807, 2.05) is 0 Å². The van der Waals surface area contributed by atoms with E-state index >= 15 is 0 Å². The Morgan fingerprint density at radius 1 is 1.20 bits per heavy atom. The molecule has 2 N–H and O–H groups in total. The number of fused-ring (bicyclic) bond motifs is 1. The van der Waals surface area contributed by atoms with E-state index in [9.17, 15) is 9.59 Å². The maximum Gasteiger partial charge on any atom is 0.272 e. The van der Waals surface area contributed by atoms with Gasteiger partial charge in [-0.3, -0.25) is 9.59 Å². The molecule has 2 aromatic rings. The lowest BCUT2D eigenvalue weighted by atomic mass is 10.1. The molecule has 0 radical (unpaired) electrons. The van der Waals surface area contributed by atoms with Crippen molar-refractivity contribution in [2.24, 2.45) is 0 Å². The van der Waals surface area contributed by atoms with Gasteiger partial charge in [0.2, 0.25) is 0 Å². The predicted octanol–water partition coefficient (Wildman–Crippen LogP) is 2.23. The first kappa shape index (κ1) is 14.2. The summed E-state index contributed by atoms with van der Waals surface area (Å²) in [6.07, 6.45) is 4.41. The fraction of sp³-hybridized carbons (Fsp3) is 0.400. The van der Waals surface area contributed by atoms with E-state index in [2.05, 4.69) is 22.4 Å². The number of aromatic nitrogens is 2. The Morgan fingerprint density at radius 2 is 1.95 bits per heavy atom. The van der Waals surface area contributed by atoms with Gasteiger partial charge in [-0.2, -0.15) is 5.10 Å². The van der Waals surface area contributed by atoms with Crippen LogP contribution in [0.5, 0.6) is 0 Å². The molecule has 0 aliphatic rings. The van der Waals surface area contributed by atoms with Crippen LogP contribution in [-0.4, -0.2) is 22.6 Å². The first-order valence-electron chi connectivity index (χ1n) is 6.99. The number of nitrogens with one attached hydrogen (secondary N) is 2. The molecular formula is C15H19N3O2. The summed E-state index contributed by atoms with van der Waals surface area (Å²) in [6.45, 7) is 2.78.